The fourth-order valence-electron chi connectivity index (χ4n) is 1.04. The molecule has 1 atom stereocenters. The van der Waals surface area contributed by atoms with E-state index in [-0.39, 0.29) is 0 Å². The lowest BCUT2D eigenvalue weighted by atomic mass is 10.3. The second kappa shape index (κ2) is 6.11. The maximum atomic E-state index is 5.42. The summed E-state index contributed by atoms with van der Waals surface area (Å²) < 4.78 is 5.42. The number of rotatable bonds is 6. The monoisotopic (exact) mass is 214 g/mol. The summed E-state index contributed by atoms with van der Waals surface area (Å²) >= 11 is 1.72. The fourth-order valence-corrected chi connectivity index (χ4v) is 1.96. The van der Waals surface area contributed by atoms with Gasteiger partial charge in [-0.3, -0.25) is 0 Å². The van der Waals surface area contributed by atoms with Crippen LogP contribution in [0.15, 0.2) is 6.20 Å². The predicted molar refractivity (Wildman–Crippen MR) is 59.5 cm³/mol. The average molecular weight is 214 g/mol. The Hall–Kier alpha value is -0.450. The topological polar surface area (TPSA) is 34.1 Å². The number of thiazole rings is 1. The maximum Gasteiger partial charge on any atom is 0.119 e. The van der Waals surface area contributed by atoms with Gasteiger partial charge in [0, 0.05) is 23.7 Å². The molecule has 1 rings (SSSR count). The van der Waals surface area contributed by atoms with Crippen LogP contribution in [-0.4, -0.2) is 18.6 Å². The van der Waals surface area contributed by atoms with Crippen molar-refractivity contribution >= 4 is 11.3 Å². The van der Waals surface area contributed by atoms with Crippen LogP contribution >= 0.6 is 11.3 Å². The second-order valence-electron chi connectivity index (χ2n) is 3.22. The molecular formula is C10H18N2OS. The van der Waals surface area contributed by atoms with E-state index in [2.05, 4.69) is 24.1 Å². The van der Waals surface area contributed by atoms with Crippen molar-refractivity contribution in [2.45, 2.75) is 32.9 Å². The van der Waals surface area contributed by atoms with Gasteiger partial charge in [0.05, 0.1) is 6.61 Å². The van der Waals surface area contributed by atoms with Gasteiger partial charge in [0.15, 0.2) is 0 Å². The largest absolute Gasteiger partial charge is 0.374 e. The lowest BCUT2D eigenvalue weighted by Gasteiger charge is -2.04. The fraction of sp³-hybridized carbons (Fsp3) is 0.700. The second-order valence-corrected chi connectivity index (χ2v) is 4.37. The highest BCUT2D eigenvalue weighted by atomic mass is 32.1. The molecule has 0 radical (unpaired) electrons. The zero-order valence-electron chi connectivity index (χ0n) is 9.04. The van der Waals surface area contributed by atoms with Crippen LogP contribution in [0.3, 0.4) is 0 Å². The van der Waals surface area contributed by atoms with Gasteiger partial charge in [0.2, 0.25) is 0 Å². The van der Waals surface area contributed by atoms with Gasteiger partial charge >= 0.3 is 0 Å². The van der Waals surface area contributed by atoms with Crippen molar-refractivity contribution in [3.05, 3.63) is 16.1 Å². The lowest BCUT2D eigenvalue weighted by molar-refractivity contribution is 0.121. The van der Waals surface area contributed by atoms with Crippen LogP contribution in [0.4, 0.5) is 0 Å². The lowest BCUT2D eigenvalue weighted by Crippen LogP contribution is -2.10. The van der Waals surface area contributed by atoms with Crippen molar-refractivity contribution in [3.63, 3.8) is 0 Å². The van der Waals surface area contributed by atoms with E-state index in [1.165, 1.54) is 4.88 Å². The van der Waals surface area contributed by atoms with E-state index in [9.17, 15) is 0 Å². The third kappa shape index (κ3) is 3.36. The molecule has 0 aromatic carbocycles. The maximum absolute atomic E-state index is 5.42. The molecule has 0 bridgehead atoms. The van der Waals surface area contributed by atoms with E-state index in [0.717, 1.165) is 18.0 Å². The number of ether oxygens (including phenoxy) is 1. The molecule has 1 aromatic rings. The zero-order valence-corrected chi connectivity index (χ0v) is 9.86. The Labute approximate surface area is 89.5 Å². The van der Waals surface area contributed by atoms with E-state index in [1.54, 1.807) is 11.3 Å². The van der Waals surface area contributed by atoms with Gasteiger partial charge in [-0.15, -0.1) is 11.3 Å². The first-order valence-electron chi connectivity index (χ1n) is 4.97. The van der Waals surface area contributed by atoms with Crippen LogP contribution in [0.5, 0.6) is 0 Å². The standard InChI is InChI=1S/C10H18N2OS/c1-4-5-13-7-10-12-6-9(14-10)8(2)11-3/h6,8,11H,4-5,7H2,1-3H3. The van der Waals surface area contributed by atoms with Crippen LogP contribution in [0.2, 0.25) is 0 Å². The molecule has 1 heterocycles. The number of aromatic nitrogens is 1. The Morgan fingerprint density at radius 3 is 3.07 bits per heavy atom. The van der Waals surface area contributed by atoms with Gasteiger partial charge in [-0.25, -0.2) is 4.98 Å². The summed E-state index contributed by atoms with van der Waals surface area (Å²) in [6, 6.07) is 0.382. The summed E-state index contributed by atoms with van der Waals surface area (Å²) in [5, 5.41) is 4.26. The van der Waals surface area contributed by atoms with Crippen LogP contribution in [0, 0.1) is 0 Å². The molecule has 0 amide bonds. The Kier molecular flexibility index (Phi) is 5.07. The SMILES string of the molecule is CCCOCc1ncc(C(C)NC)s1. The van der Waals surface area contributed by atoms with Gasteiger partial charge in [0.25, 0.3) is 0 Å². The molecule has 1 N–H and O–H groups in total. The molecule has 0 aliphatic rings. The minimum absolute atomic E-state index is 0.382. The first-order valence-corrected chi connectivity index (χ1v) is 5.79. The van der Waals surface area contributed by atoms with Crippen molar-refractivity contribution in [2.24, 2.45) is 0 Å². The first-order chi connectivity index (χ1) is 6.77. The van der Waals surface area contributed by atoms with E-state index in [1.807, 2.05) is 13.2 Å². The molecule has 1 unspecified atom stereocenters. The van der Waals surface area contributed by atoms with E-state index in [4.69, 9.17) is 4.74 Å². The molecule has 14 heavy (non-hydrogen) atoms. The van der Waals surface area contributed by atoms with Crippen LogP contribution < -0.4 is 5.32 Å². The molecule has 0 fully saturated rings. The van der Waals surface area contributed by atoms with Crippen molar-refractivity contribution in [1.29, 1.82) is 0 Å². The molecule has 80 valence electrons. The Bertz CT molecular complexity index is 262. The molecular weight excluding hydrogens is 196 g/mol. The zero-order chi connectivity index (χ0) is 10.4. The van der Waals surface area contributed by atoms with Crippen LogP contribution in [0.1, 0.15) is 36.2 Å². The normalized spacial score (nSPS) is 13.1. The third-order valence-electron chi connectivity index (χ3n) is 2.01. The van der Waals surface area contributed by atoms with Crippen molar-refractivity contribution < 1.29 is 4.74 Å². The van der Waals surface area contributed by atoms with E-state index >= 15 is 0 Å². The highest BCUT2D eigenvalue weighted by Gasteiger charge is 2.07. The molecule has 4 heteroatoms. The Morgan fingerprint density at radius 2 is 2.43 bits per heavy atom. The van der Waals surface area contributed by atoms with Gasteiger partial charge in [0.1, 0.15) is 5.01 Å². The summed E-state index contributed by atoms with van der Waals surface area (Å²) in [6.45, 7) is 5.70. The molecule has 0 aliphatic heterocycles. The summed E-state index contributed by atoms with van der Waals surface area (Å²) in [5.74, 6) is 0. The first kappa shape index (κ1) is 11.6. The van der Waals surface area contributed by atoms with Crippen molar-refractivity contribution in [1.82, 2.24) is 10.3 Å². The molecule has 1 aromatic heterocycles. The van der Waals surface area contributed by atoms with Crippen molar-refractivity contribution in [3.8, 4) is 0 Å². The smallest absolute Gasteiger partial charge is 0.119 e. The molecule has 0 spiro atoms. The number of hydrogen-bond acceptors (Lipinski definition) is 4. The Morgan fingerprint density at radius 1 is 1.64 bits per heavy atom. The number of nitrogens with one attached hydrogen (secondary N) is 1. The minimum atomic E-state index is 0.382. The average Bonchev–Trinajstić information content (AvgIpc) is 2.66. The van der Waals surface area contributed by atoms with Gasteiger partial charge < -0.3 is 10.1 Å². The van der Waals surface area contributed by atoms with Crippen LogP contribution in [0.25, 0.3) is 0 Å². The number of hydrogen-bond donors (Lipinski definition) is 1. The van der Waals surface area contributed by atoms with E-state index < -0.39 is 0 Å². The van der Waals surface area contributed by atoms with Gasteiger partial charge in [-0.2, -0.15) is 0 Å². The van der Waals surface area contributed by atoms with E-state index in [0.29, 0.717) is 12.6 Å². The van der Waals surface area contributed by atoms with Crippen LogP contribution in [-0.2, 0) is 11.3 Å². The molecule has 0 saturated heterocycles. The molecule has 3 nitrogen and oxygen atoms in total. The summed E-state index contributed by atoms with van der Waals surface area (Å²) in [6.07, 6.45) is 2.99. The quantitative estimate of drug-likeness (QED) is 0.738. The Balaban J connectivity index is 2.42. The highest BCUT2D eigenvalue weighted by molar-refractivity contribution is 7.11. The summed E-state index contributed by atoms with van der Waals surface area (Å²) in [5.41, 5.74) is 0. The molecule has 0 saturated carbocycles. The predicted octanol–water partition coefficient (Wildman–Crippen LogP) is 2.35. The minimum Gasteiger partial charge on any atom is -0.374 e. The van der Waals surface area contributed by atoms with Crippen molar-refractivity contribution in [2.75, 3.05) is 13.7 Å². The number of nitrogens with zero attached hydrogens (tertiary/aromatic N) is 1. The highest BCUT2D eigenvalue weighted by Crippen LogP contribution is 2.20. The summed E-state index contributed by atoms with van der Waals surface area (Å²) in [7, 11) is 1.96. The summed E-state index contributed by atoms with van der Waals surface area (Å²) in [4.78, 5) is 5.58. The van der Waals surface area contributed by atoms with Gasteiger partial charge in [-0.1, -0.05) is 6.92 Å². The third-order valence-corrected chi connectivity index (χ3v) is 3.16. The molecule has 0 aliphatic carbocycles. The van der Waals surface area contributed by atoms with Gasteiger partial charge in [-0.05, 0) is 20.4 Å².